The number of halogens is 13. The maximum absolute atomic E-state index is 13.0. The summed E-state index contributed by atoms with van der Waals surface area (Å²) in [6.07, 6.45) is -28.7. The second-order valence-electron chi connectivity index (χ2n) is 3.74. The molecule has 19 heteroatoms. The van der Waals surface area contributed by atoms with Gasteiger partial charge in [0, 0.05) is 0 Å². The summed E-state index contributed by atoms with van der Waals surface area (Å²) in [5.41, 5.74) is 0. The van der Waals surface area contributed by atoms with Gasteiger partial charge < -0.3 is 4.74 Å². The van der Waals surface area contributed by atoms with E-state index < -0.39 is 52.0 Å². The van der Waals surface area contributed by atoms with E-state index in [0.29, 0.717) is 0 Å². The molecule has 0 fully saturated rings. The normalized spacial score (nSPS) is 15.6. The summed E-state index contributed by atoms with van der Waals surface area (Å²) in [6.45, 7) is 0. The van der Waals surface area contributed by atoms with Gasteiger partial charge in [0.15, 0.2) is 0 Å². The predicted molar refractivity (Wildman–Crippen MR) is 48.3 cm³/mol. The number of hydrogen-bond acceptors (Lipinski definition) is 5. The molecule has 0 saturated heterocycles. The maximum Gasteiger partial charge on any atom is 0.485 e. The summed E-state index contributed by atoms with van der Waals surface area (Å²) in [7, 11) is -7.58. The summed E-state index contributed by atoms with van der Waals surface area (Å²) in [4.78, 5) is 1.98. The minimum absolute atomic E-state index is 1.98. The number of alkyl halides is 10. The topological polar surface area (TPSA) is 61.8 Å². The lowest BCUT2D eigenvalue weighted by Crippen LogP contribution is -2.50. The van der Waals surface area contributed by atoms with Crippen LogP contribution in [0.25, 0.3) is 0 Å². The molecule has 0 bridgehead atoms. The highest BCUT2D eigenvalue weighted by Crippen LogP contribution is 2.44. The SMILES string of the molecule is O=S(=O)(OOC(F)(F)C(F)C(F)(F)F)C(F)(F)C(F)(F)OC(F)=C(F)F. The van der Waals surface area contributed by atoms with Crippen LogP contribution in [0.5, 0.6) is 0 Å². The van der Waals surface area contributed by atoms with Crippen LogP contribution >= 0.6 is 0 Å². The molecule has 5 nitrogen and oxygen atoms in total. The molecule has 1 atom stereocenters. The van der Waals surface area contributed by atoms with E-state index in [1.54, 1.807) is 0 Å². The van der Waals surface area contributed by atoms with Gasteiger partial charge in [-0.15, -0.1) is 4.89 Å². The van der Waals surface area contributed by atoms with Crippen LogP contribution in [-0.2, 0) is 24.1 Å². The summed E-state index contributed by atoms with van der Waals surface area (Å²) in [5, 5.41) is -6.98. The second kappa shape index (κ2) is 7.25. The highest BCUT2D eigenvalue weighted by Gasteiger charge is 2.72. The average molecular weight is 444 g/mol. The van der Waals surface area contributed by atoms with Crippen molar-refractivity contribution in [1.29, 1.82) is 0 Å². The van der Waals surface area contributed by atoms with Gasteiger partial charge in [-0.2, -0.15) is 61.1 Å². The molecule has 0 rings (SSSR count). The number of ether oxygens (including phenoxy) is 1. The fourth-order valence-electron chi connectivity index (χ4n) is 0.722. The Morgan fingerprint density at radius 2 is 1.27 bits per heavy atom. The van der Waals surface area contributed by atoms with Gasteiger partial charge in [-0.05, 0) is 0 Å². The highest BCUT2D eigenvalue weighted by molar-refractivity contribution is 7.87. The third kappa shape index (κ3) is 5.25. The van der Waals surface area contributed by atoms with Crippen molar-refractivity contribution in [3.05, 3.63) is 12.1 Å². The number of hydrogen-bond donors (Lipinski definition) is 0. The van der Waals surface area contributed by atoms with Crippen LogP contribution in [-0.4, -0.2) is 38.2 Å². The van der Waals surface area contributed by atoms with Crippen molar-refractivity contribution in [3.8, 4) is 0 Å². The molecule has 0 amide bonds. The molecule has 0 aliphatic heterocycles. The van der Waals surface area contributed by atoms with Gasteiger partial charge in [-0.3, -0.25) is 0 Å². The molecule has 0 aromatic carbocycles. The Hall–Kier alpha value is -1.50. The van der Waals surface area contributed by atoms with Crippen LogP contribution in [0.3, 0.4) is 0 Å². The van der Waals surface area contributed by atoms with Gasteiger partial charge in [0.05, 0.1) is 0 Å². The molecule has 0 heterocycles. The van der Waals surface area contributed by atoms with Crippen LogP contribution in [0.2, 0.25) is 0 Å². The van der Waals surface area contributed by atoms with Crippen LogP contribution in [0.15, 0.2) is 12.1 Å². The lowest BCUT2D eigenvalue weighted by atomic mass is 10.3. The Kier molecular flexibility index (Phi) is 6.83. The molecular weight excluding hydrogens is 443 g/mol. The fourth-order valence-corrected chi connectivity index (χ4v) is 1.32. The predicted octanol–water partition coefficient (Wildman–Crippen LogP) is 3.99. The van der Waals surface area contributed by atoms with Gasteiger partial charge in [0.2, 0.25) is 0 Å². The van der Waals surface area contributed by atoms with E-state index in [9.17, 15) is 65.5 Å². The Morgan fingerprint density at radius 3 is 1.62 bits per heavy atom. The van der Waals surface area contributed by atoms with Crippen molar-refractivity contribution in [3.63, 3.8) is 0 Å². The number of rotatable bonds is 8. The first-order valence-corrected chi connectivity index (χ1v) is 6.45. The van der Waals surface area contributed by atoms with E-state index in [1.165, 1.54) is 0 Å². The lowest BCUT2D eigenvalue weighted by Gasteiger charge is -2.25. The molecule has 0 aromatic rings. The molecular formula is C7HF13O5S. The Labute approximate surface area is 132 Å². The van der Waals surface area contributed by atoms with Gasteiger partial charge >= 0.3 is 45.9 Å². The third-order valence-corrected chi connectivity index (χ3v) is 2.95. The molecule has 0 spiro atoms. The van der Waals surface area contributed by atoms with Crippen molar-refractivity contribution in [2.45, 2.75) is 29.8 Å². The van der Waals surface area contributed by atoms with E-state index in [4.69, 9.17) is 0 Å². The first-order chi connectivity index (χ1) is 11.2. The van der Waals surface area contributed by atoms with E-state index in [1.807, 2.05) is 14.0 Å². The lowest BCUT2D eigenvalue weighted by molar-refractivity contribution is -0.434. The summed E-state index contributed by atoms with van der Waals surface area (Å²) < 4.78 is 184. The smallest absolute Gasteiger partial charge is 0.397 e. The molecule has 1 unspecified atom stereocenters. The molecule has 0 aromatic heterocycles. The Balaban J connectivity index is 5.53. The van der Waals surface area contributed by atoms with Gasteiger partial charge in [0.25, 0.3) is 6.17 Å². The first-order valence-electron chi connectivity index (χ1n) is 5.05. The minimum atomic E-state index is -7.58. The molecule has 0 radical (unpaired) electrons. The largest absolute Gasteiger partial charge is 0.485 e. The van der Waals surface area contributed by atoms with Crippen LogP contribution in [0.1, 0.15) is 0 Å². The van der Waals surface area contributed by atoms with Gasteiger partial charge in [-0.1, -0.05) is 4.33 Å². The molecule has 26 heavy (non-hydrogen) atoms. The van der Waals surface area contributed by atoms with E-state index in [2.05, 4.69) is 0 Å². The second-order valence-corrected chi connectivity index (χ2v) is 5.30. The van der Waals surface area contributed by atoms with Crippen LogP contribution in [0, 0.1) is 0 Å². The maximum atomic E-state index is 13.0. The van der Waals surface area contributed by atoms with Crippen molar-refractivity contribution in [2.24, 2.45) is 0 Å². The van der Waals surface area contributed by atoms with Crippen molar-refractivity contribution in [2.75, 3.05) is 0 Å². The monoisotopic (exact) mass is 444 g/mol. The van der Waals surface area contributed by atoms with Crippen molar-refractivity contribution in [1.82, 2.24) is 0 Å². The van der Waals surface area contributed by atoms with Gasteiger partial charge in [-0.25, -0.2) is 4.39 Å². The molecule has 156 valence electrons. The average Bonchev–Trinajstić information content (AvgIpc) is 2.42. The van der Waals surface area contributed by atoms with Gasteiger partial charge in [0.1, 0.15) is 0 Å². The zero-order valence-electron chi connectivity index (χ0n) is 10.9. The van der Waals surface area contributed by atoms with Crippen LogP contribution < -0.4 is 0 Å². The van der Waals surface area contributed by atoms with Crippen molar-refractivity contribution < 1.29 is 79.5 Å². The summed E-state index contributed by atoms with van der Waals surface area (Å²) in [5.74, 6) is 0. The fraction of sp³-hybridized carbons (Fsp3) is 0.714. The molecule has 0 aliphatic rings. The quantitative estimate of drug-likeness (QED) is 0.245. The van der Waals surface area contributed by atoms with E-state index in [-0.39, 0.29) is 0 Å². The van der Waals surface area contributed by atoms with E-state index >= 15 is 0 Å². The minimum Gasteiger partial charge on any atom is -0.397 e. The summed E-state index contributed by atoms with van der Waals surface area (Å²) >= 11 is 0. The first kappa shape index (κ1) is 24.5. The highest BCUT2D eigenvalue weighted by atomic mass is 32.2. The zero-order valence-corrected chi connectivity index (χ0v) is 11.8. The summed E-state index contributed by atoms with van der Waals surface area (Å²) in [6, 6.07) is -3.72. The van der Waals surface area contributed by atoms with Crippen molar-refractivity contribution >= 4 is 10.1 Å². The third-order valence-electron chi connectivity index (χ3n) is 1.84. The molecule has 0 N–H and O–H groups in total. The molecule has 0 aliphatic carbocycles. The van der Waals surface area contributed by atoms with E-state index in [0.717, 1.165) is 0 Å². The van der Waals surface area contributed by atoms with Crippen LogP contribution in [0.4, 0.5) is 57.1 Å². The Bertz CT molecular complexity index is 634. The molecule has 0 saturated carbocycles. The standard InChI is InChI=1S/C7HF13O5S/c8-1(9)2(10)23-6(17,18)7(19,20)26(21,22)25-24-5(15,16)3(11)4(12,13)14/h3H. The Morgan fingerprint density at radius 1 is 0.846 bits per heavy atom. The zero-order chi connectivity index (χ0) is 21.4.